The third-order valence-electron chi connectivity index (χ3n) is 2.85. The van der Waals surface area contributed by atoms with Crippen LogP contribution in [0.5, 0.6) is 0 Å². The third-order valence-corrected chi connectivity index (χ3v) is 2.85. The number of nitrogens with one attached hydrogen (secondary N) is 1. The van der Waals surface area contributed by atoms with Crippen LogP contribution in [0.25, 0.3) is 0 Å². The molecule has 0 radical (unpaired) electrons. The highest BCUT2D eigenvalue weighted by molar-refractivity contribution is 5.77. The van der Waals surface area contributed by atoms with Crippen molar-refractivity contribution >= 4 is 5.97 Å². The van der Waals surface area contributed by atoms with E-state index in [0.717, 1.165) is 0 Å². The van der Waals surface area contributed by atoms with Crippen molar-refractivity contribution in [3.63, 3.8) is 0 Å². The maximum Gasteiger partial charge on any atom is 0.316 e. The lowest BCUT2D eigenvalue weighted by atomic mass is 9.67. The van der Waals surface area contributed by atoms with Crippen molar-refractivity contribution in [3.05, 3.63) is 0 Å². The first kappa shape index (κ1) is 11.5. The molecule has 0 aromatic rings. The van der Waals surface area contributed by atoms with Gasteiger partial charge in [-0.2, -0.15) is 0 Å². The standard InChI is InChI=1S/C10H19NO3/c1-9(2,3)7(11-4)10(8(12)13)5-14-6-10/h7,11H,5-6H2,1-4H3,(H,12,13). The van der Waals surface area contributed by atoms with Crippen LogP contribution in [0, 0.1) is 10.8 Å². The number of carboxylic acid groups (broad SMARTS) is 1. The zero-order valence-corrected chi connectivity index (χ0v) is 9.26. The second-order valence-electron chi connectivity index (χ2n) is 5.04. The molecule has 0 amide bonds. The minimum Gasteiger partial charge on any atom is -0.481 e. The SMILES string of the molecule is CNC(C(C)(C)C)C1(C(=O)O)COC1. The van der Waals surface area contributed by atoms with Crippen molar-refractivity contribution in [2.24, 2.45) is 10.8 Å². The van der Waals surface area contributed by atoms with Crippen LogP contribution in [-0.2, 0) is 9.53 Å². The second kappa shape index (κ2) is 3.51. The van der Waals surface area contributed by atoms with E-state index in [1.54, 1.807) is 7.05 Å². The fourth-order valence-electron chi connectivity index (χ4n) is 2.27. The Morgan fingerprint density at radius 2 is 2.00 bits per heavy atom. The van der Waals surface area contributed by atoms with E-state index >= 15 is 0 Å². The summed E-state index contributed by atoms with van der Waals surface area (Å²) >= 11 is 0. The van der Waals surface area contributed by atoms with E-state index in [1.165, 1.54) is 0 Å². The van der Waals surface area contributed by atoms with Gasteiger partial charge >= 0.3 is 5.97 Å². The molecule has 1 heterocycles. The molecule has 2 N–H and O–H groups in total. The van der Waals surface area contributed by atoms with Crippen LogP contribution in [0.2, 0.25) is 0 Å². The molecule has 0 aromatic heterocycles. The van der Waals surface area contributed by atoms with Gasteiger partial charge in [0.15, 0.2) is 0 Å². The maximum absolute atomic E-state index is 11.2. The van der Waals surface area contributed by atoms with Crippen molar-refractivity contribution in [3.8, 4) is 0 Å². The molecule has 4 heteroatoms. The average Bonchev–Trinajstić information content (AvgIpc) is 1.92. The van der Waals surface area contributed by atoms with E-state index < -0.39 is 11.4 Å². The van der Waals surface area contributed by atoms with Crippen LogP contribution in [0.4, 0.5) is 0 Å². The van der Waals surface area contributed by atoms with Crippen molar-refractivity contribution in [1.82, 2.24) is 5.32 Å². The Morgan fingerprint density at radius 3 is 2.07 bits per heavy atom. The summed E-state index contributed by atoms with van der Waals surface area (Å²) in [5.41, 5.74) is -0.829. The van der Waals surface area contributed by atoms with Crippen LogP contribution >= 0.6 is 0 Å². The van der Waals surface area contributed by atoms with Gasteiger partial charge in [-0.15, -0.1) is 0 Å². The fraction of sp³-hybridized carbons (Fsp3) is 0.900. The molecule has 0 aliphatic carbocycles. The molecule has 1 atom stereocenters. The molecule has 0 saturated carbocycles. The van der Waals surface area contributed by atoms with E-state index in [1.807, 2.05) is 20.8 Å². The van der Waals surface area contributed by atoms with E-state index in [0.29, 0.717) is 13.2 Å². The Bertz CT molecular complexity index is 228. The van der Waals surface area contributed by atoms with Gasteiger partial charge in [0.05, 0.1) is 13.2 Å². The Balaban J connectivity index is 2.92. The summed E-state index contributed by atoms with van der Waals surface area (Å²) in [7, 11) is 1.80. The molecule has 0 bridgehead atoms. The summed E-state index contributed by atoms with van der Waals surface area (Å²) < 4.78 is 5.06. The number of rotatable bonds is 3. The zero-order chi connectivity index (χ0) is 11.0. The lowest BCUT2D eigenvalue weighted by molar-refractivity contribution is -0.192. The maximum atomic E-state index is 11.2. The smallest absolute Gasteiger partial charge is 0.316 e. The zero-order valence-electron chi connectivity index (χ0n) is 9.26. The molecule has 82 valence electrons. The first-order valence-corrected chi connectivity index (χ1v) is 4.83. The highest BCUT2D eigenvalue weighted by Crippen LogP contribution is 2.40. The Hall–Kier alpha value is -0.610. The van der Waals surface area contributed by atoms with Crippen molar-refractivity contribution in [2.75, 3.05) is 20.3 Å². The summed E-state index contributed by atoms with van der Waals surface area (Å²) in [5, 5.41) is 12.3. The lowest BCUT2D eigenvalue weighted by Gasteiger charge is -2.48. The van der Waals surface area contributed by atoms with E-state index in [9.17, 15) is 9.90 Å². The Morgan fingerprint density at radius 1 is 1.50 bits per heavy atom. The average molecular weight is 201 g/mol. The quantitative estimate of drug-likeness (QED) is 0.706. The summed E-state index contributed by atoms with van der Waals surface area (Å²) in [6, 6.07) is -0.0683. The van der Waals surface area contributed by atoms with Crippen molar-refractivity contribution < 1.29 is 14.6 Å². The van der Waals surface area contributed by atoms with Gasteiger partial charge in [0.25, 0.3) is 0 Å². The molecule has 1 unspecified atom stereocenters. The van der Waals surface area contributed by atoms with E-state index in [4.69, 9.17) is 4.74 Å². The number of ether oxygens (including phenoxy) is 1. The van der Waals surface area contributed by atoms with Gasteiger partial charge in [-0.1, -0.05) is 20.8 Å². The van der Waals surface area contributed by atoms with Gasteiger partial charge in [0.2, 0.25) is 0 Å². The highest BCUT2D eigenvalue weighted by atomic mass is 16.5. The fourth-order valence-corrected chi connectivity index (χ4v) is 2.27. The van der Waals surface area contributed by atoms with E-state index in [2.05, 4.69) is 5.32 Å². The van der Waals surface area contributed by atoms with Gasteiger partial charge in [-0.3, -0.25) is 4.79 Å². The Labute approximate surface area is 84.6 Å². The molecule has 0 spiro atoms. The van der Waals surface area contributed by atoms with Crippen LogP contribution in [0.3, 0.4) is 0 Å². The molecular weight excluding hydrogens is 182 g/mol. The topological polar surface area (TPSA) is 58.6 Å². The number of aliphatic carboxylic acids is 1. The molecule has 1 fully saturated rings. The summed E-state index contributed by atoms with van der Waals surface area (Å²) in [6.07, 6.45) is 0. The van der Waals surface area contributed by atoms with Crippen molar-refractivity contribution in [2.45, 2.75) is 26.8 Å². The molecule has 0 aromatic carbocycles. The van der Waals surface area contributed by atoms with Crippen molar-refractivity contribution in [1.29, 1.82) is 0 Å². The number of carbonyl (C=O) groups is 1. The monoisotopic (exact) mass is 201 g/mol. The van der Waals surface area contributed by atoms with Gasteiger partial charge in [-0.05, 0) is 12.5 Å². The number of carboxylic acids is 1. The molecule has 1 aliphatic heterocycles. The van der Waals surface area contributed by atoms with Gasteiger partial charge < -0.3 is 15.2 Å². The lowest BCUT2D eigenvalue weighted by Crippen LogP contribution is -2.64. The predicted molar refractivity (Wildman–Crippen MR) is 53.2 cm³/mol. The summed E-state index contributed by atoms with van der Waals surface area (Å²) in [5.74, 6) is -0.766. The molecule has 4 nitrogen and oxygen atoms in total. The molecule has 14 heavy (non-hydrogen) atoms. The minimum absolute atomic E-state index is 0.0683. The predicted octanol–water partition coefficient (Wildman–Crippen LogP) is 0.722. The second-order valence-corrected chi connectivity index (χ2v) is 5.04. The minimum atomic E-state index is -0.766. The molecule has 1 rings (SSSR count). The third kappa shape index (κ3) is 1.64. The molecule has 1 saturated heterocycles. The molecule has 1 aliphatic rings. The first-order valence-electron chi connectivity index (χ1n) is 4.83. The first-order chi connectivity index (χ1) is 6.34. The van der Waals surface area contributed by atoms with Gasteiger partial charge in [-0.25, -0.2) is 0 Å². The normalized spacial score (nSPS) is 22.6. The Kier molecular flexibility index (Phi) is 2.88. The van der Waals surface area contributed by atoms with Gasteiger partial charge in [0.1, 0.15) is 5.41 Å². The number of hydrogen-bond donors (Lipinski definition) is 2. The van der Waals surface area contributed by atoms with Crippen LogP contribution in [-0.4, -0.2) is 37.4 Å². The largest absolute Gasteiger partial charge is 0.481 e. The summed E-state index contributed by atoms with van der Waals surface area (Å²) in [4.78, 5) is 11.2. The van der Waals surface area contributed by atoms with Crippen LogP contribution in [0.15, 0.2) is 0 Å². The van der Waals surface area contributed by atoms with Crippen LogP contribution in [0.1, 0.15) is 20.8 Å². The molecular formula is C10H19NO3. The van der Waals surface area contributed by atoms with Gasteiger partial charge in [0, 0.05) is 6.04 Å². The number of hydrogen-bond acceptors (Lipinski definition) is 3. The summed E-state index contributed by atoms with van der Waals surface area (Å²) in [6.45, 7) is 6.74. The highest BCUT2D eigenvalue weighted by Gasteiger charge is 2.55. The van der Waals surface area contributed by atoms with E-state index in [-0.39, 0.29) is 11.5 Å². The van der Waals surface area contributed by atoms with Crippen LogP contribution < -0.4 is 5.32 Å².